The zero-order valence-electron chi connectivity index (χ0n) is 10.3. The van der Waals surface area contributed by atoms with E-state index in [-0.39, 0.29) is 18.0 Å². The van der Waals surface area contributed by atoms with Crippen LogP contribution in [-0.2, 0) is 4.79 Å². The summed E-state index contributed by atoms with van der Waals surface area (Å²) >= 11 is 4.95. The number of carbonyl (C=O) groups excluding carboxylic acids is 1. The molecule has 2 atom stereocenters. The van der Waals surface area contributed by atoms with E-state index in [2.05, 4.69) is 0 Å². The molecule has 1 aliphatic rings. The lowest BCUT2D eigenvalue weighted by molar-refractivity contribution is -0.135. The number of amides is 1. The van der Waals surface area contributed by atoms with Crippen molar-refractivity contribution < 1.29 is 4.79 Å². The van der Waals surface area contributed by atoms with Crippen molar-refractivity contribution >= 4 is 23.1 Å². The summed E-state index contributed by atoms with van der Waals surface area (Å²) in [6, 6.07) is -0.203. The van der Waals surface area contributed by atoms with E-state index in [0.29, 0.717) is 4.99 Å². The number of rotatable bonds is 4. The van der Waals surface area contributed by atoms with Crippen molar-refractivity contribution in [1.82, 2.24) is 9.80 Å². The molecule has 1 amide bonds. The normalized spacial score (nSPS) is 19.9. The Kier molecular flexibility index (Phi) is 4.68. The van der Waals surface area contributed by atoms with Crippen molar-refractivity contribution in [3.63, 3.8) is 0 Å². The maximum atomic E-state index is 12.1. The van der Waals surface area contributed by atoms with Crippen molar-refractivity contribution in [2.24, 2.45) is 5.73 Å². The minimum absolute atomic E-state index is 0.0449. The van der Waals surface area contributed by atoms with E-state index in [0.717, 1.165) is 25.9 Å². The molecule has 0 aliphatic carbocycles. The Bertz CT molecular complexity index is 276. The Hall–Kier alpha value is -0.680. The summed E-state index contributed by atoms with van der Waals surface area (Å²) in [7, 11) is 1.89. The minimum Gasteiger partial charge on any atom is -0.392 e. The van der Waals surface area contributed by atoms with E-state index in [1.165, 1.54) is 0 Å². The number of hydrogen-bond donors (Lipinski definition) is 1. The summed E-state index contributed by atoms with van der Waals surface area (Å²) in [5.41, 5.74) is 5.59. The molecule has 0 bridgehead atoms. The first-order valence-electron chi connectivity index (χ1n) is 5.75. The van der Waals surface area contributed by atoms with Crippen molar-refractivity contribution in [3.05, 3.63) is 0 Å². The Morgan fingerprint density at radius 2 is 1.81 bits per heavy atom. The van der Waals surface area contributed by atoms with Gasteiger partial charge in [-0.25, -0.2) is 0 Å². The van der Waals surface area contributed by atoms with Gasteiger partial charge >= 0.3 is 0 Å². The summed E-state index contributed by atoms with van der Waals surface area (Å²) < 4.78 is 0. The number of nitrogens with zero attached hydrogens (tertiary/aromatic N) is 2. The molecule has 4 nitrogen and oxygen atoms in total. The number of likely N-dealkylation sites (tertiary alicyclic amines) is 1. The quantitative estimate of drug-likeness (QED) is 0.735. The van der Waals surface area contributed by atoms with Gasteiger partial charge in [0.15, 0.2) is 0 Å². The Morgan fingerprint density at radius 1 is 1.31 bits per heavy atom. The van der Waals surface area contributed by atoms with Gasteiger partial charge in [0.05, 0.1) is 17.1 Å². The van der Waals surface area contributed by atoms with Crippen molar-refractivity contribution in [1.29, 1.82) is 0 Å². The zero-order chi connectivity index (χ0) is 12.3. The predicted molar refractivity (Wildman–Crippen MR) is 69.3 cm³/mol. The van der Waals surface area contributed by atoms with Gasteiger partial charge in [-0.15, -0.1) is 0 Å². The molecule has 0 radical (unpaired) electrons. The number of likely N-dealkylation sites (N-methyl/N-ethyl adjacent to an activating group) is 1. The van der Waals surface area contributed by atoms with Crippen LogP contribution in [0.15, 0.2) is 0 Å². The maximum absolute atomic E-state index is 12.1. The first-order valence-corrected chi connectivity index (χ1v) is 6.16. The number of nitrogens with two attached hydrogens (primary N) is 1. The van der Waals surface area contributed by atoms with Crippen molar-refractivity contribution in [2.45, 2.75) is 38.8 Å². The van der Waals surface area contributed by atoms with Crippen molar-refractivity contribution in [3.8, 4) is 0 Å². The van der Waals surface area contributed by atoms with E-state index in [9.17, 15) is 4.79 Å². The molecule has 2 unspecified atom stereocenters. The molecular weight excluding hydrogens is 222 g/mol. The van der Waals surface area contributed by atoms with Crippen LogP contribution >= 0.6 is 12.2 Å². The van der Waals surface area contributed by atoms with Gasteiger partial charge in [-0.05, 0) is 33.7 Å². The lowest BCUT2D eigenvalue weighted by atomic mass is 10.2. The van der Waals surface area contributed by atoms with Crippen LogP contribution in [-0.4, -0.2) is 52.9 Å². The molecule has 0 aromatic carbocycles. The Balaban J connectivity index is 2.58. The smallest absolute Gasteiger partial charge is 0.239 e. The molecule has 0 spiro atoms. The second kappa shape index (κ2) is 5.59. The van der Waals surface area contributed by atoms with Crippen LogP contribution in [0, 0.1) is 0 Å². The van der Waals surface area contributed by atoms with Crippen LogP contribution in [0.3, 0.4) is 0 Å². The highest BCUT2D eigenvalue weighted by molar-refractivity contribution is 7.80. The van der Waals surface area contributed by atoms with Gasteiger partial charge in [0.1, 0.15) is 0 Å². The van der Waals surface area contributed by atoms with Crippen LogP contribution in [0.2, 0.25) is 0 Å². The summed E-state index contributed by atoms with van der Waals surface area (Å²) in [5, 5.41) is 0. The third-order valence-corrected chi connectivity index (χ3v) is 3.75. The molecule has 1 rings (SSSR count). The van der Waals surface area contributed by atoms with Crippen LogP contribution in [0.4, 0.5) is 0 Å². The molecule has 1 aliphatic heterocycles. The average Bonchev–Trinajstić information content (AvgIpc) is 2.78. The molecule has 0 saturated carbocycles. The van der Waals surface area contributed by atoms with Crippen LogP contribution in [0.25, 0.3) is 0 Å². The zero-order valence-corrected chi connectivity index (χ0v) is 11.1. The standard InChI is InChI=1S/C11H21N3OS/c1-8(10(12)16)13(3)9(2)11(15)14-6-4-5-7-14/h8-9H,4-7H2,1-3H3,(H2,12,16). The monoisotopic (exact) mass is 243 g/mol. The number of hydrogen-bond acceptors (Lipinski definition) is 3. The van der Waals surface area contributed by atoms with E-state index in [1.807, 2.05) is 30.7 Å². The summed E-state index contributed by atoms with van der Waals surface area (Å²) in [6.45, 7) is 5.61. The van der Waals surface area contributed by atoms with Gasteiger partial charge < -0.3 is 10.6 Å². The molecule has 1 heterocycles. The number of carbonyl (C=O) groups is 1. The molecule has 16 heavy (non-hydrogen) atoms. The summed E-state index contributed by atoms with van der Waals surface area (Å²) in [5.74, 6) is 0.183. The van der Waals surface area contributed by atoms with Gasteiger partial charge in [-0.3, -0.25) is 9.69 Å². The lowest BCUT2D eigenvalue weighted by Crippen LogP contribution is -2.51. The van der Waals surface area contributed by atoms with Gasteiger partial charge in [-0.2, -0.15) is 0 Å². The SMILES string of the molecule is CC(C(=O)N1CCCC1)N(C)C(C)C(N)=S. The largest absolute Gasteiger partial charge is 0.392 e. The summed E-state index contributed by atoms with van der Waals surface area (Å²) in [4.78, 5) is 16.4. The fraction of sp³-hybridized carbons (Fsp3) is 0.818. The van der Waals surface area contributed by atoms with Gasteiger partial charge in [-0.1, -0.05) is 12.2 Å². The topological polar surface area (TPSA) is 49.6 Å². The first-order chi connectivity index (χ1) is 7.45. The highest BCUT2D eigenvalue weighted by Crippen LogP contribution is 2.12. The Morgan fingerprint density at radius 3 is 2.25 bits per heavy atom. The maximum Gasteiger partial charge on any atom is 0.239 e. The van der Waals surface area contributed by atoms with Gasteiger partial charge in [0, 0.05) is 13.1 Å². The highest BCUT2D eigenvalue weighted by Gasteiger charge is 2.28. The van der Waals surface area contributed by atoms with E-state index >= 15 is 0 Å². The number of thiocarbonyl (C=S) groups is 1. The van der Waals surface area contributed by atoms with Gasteiger partial charge in [0.25, 0.3) is 0 Å². The average molecular weight is 243 g/mol. The first kappa shape index (κ1) is 13.4. The van der Waals surface area contributed by atoms with E-state index in [1.54, 1.807) is 0 Å². The van der Waals surface area contributed by atoms with Crippen LogP contribution < -0.4 is 5.73 Å². The molecule has 5 heteroatoms. The molecular formula is C11H21N3OS. The fourth-order valence-electron chi connectivity index (χ4n) is 1.91. The van der Waals surface area contributed by atoms with Crippen LogP contribution in [0.5, 0.6) is 0 Å². The minimum atomic E-state index is -0.158. The molecule has 1 saturated heterocycles. The van der Waals surface area contributed by atoms with Crippen molar-refractivity contribution in [2.75, 3.05) is 20.1 Å². The third-order valence-electron chi connectivity index (χ3n) is 3.41. The fourth-order valence-corrected chi connectivity index (χ4v) is 2.08. The van der Waals surface area contributed by atoms with Crippen LogP contribution in [0.1, 0.15) is 26.7 Å². The second-order valence-corrected chi connectivity index (χ2v) is 4.92. The second-order valence-electron chi connectivity index (χ2n) is 4.45. The molecule has 1 fully saturated rings. The van der Waals surface area contributed by atoms with Gasteiger partial charge in [0.2, 0.25) is 5.91 Å². The Labute approximate surface area is 103 Å². The molecule has 2 N–H and O–H groups in total. The lowest BCUT2D eigenvalue weighted by Gasteiger charge is -2.31. The predicted octanol–water partition coefficient (Wildman–Crippen LogP) is 0.604. The molecule has 0 aromatic rings. The highest BCUT2D eigenvalue weighted by atomic mass is 32.1. The van der Waals surface area contributed by atoms with E-state index < -0.39 is 0 Å². The molecule has 0 aromatic heterocycles. The van der Waals surface area contributed by atoms with E-state index in [4.69, 9.17) is 18.0 Å². The third kappa shape index (κ3) is 2.92. The summed E-state index contributed by atoms with van der Waals surface area (Å²) in [6.07, 6.45) is 2.24. The molecule has 92 valence electrons.